The lowest BCUT2D eigenvalue weighted by Gasteiger charge is -2.26. The number of halogens is 1. The Morgan fingerprint density at radius 1 is 1.21 bits per heavy atom. The molecule has 1 atom stereocenters. The van der Waals surface area contributed by atoms with Crippen LogP contribution in [0.5, 0.6) is 0 Å². The van der Waals surface area contributed by atoms with Crippen molar-refractivity contribution >= 4 is 17.4 Å². The van der Waals surface area contributed by atoms with Gasteiger partial charge in [0.2, 0.25) is 0 Å². The van der Waals surface area contributed by atoms with Crippen LogP contribution in [0.1, 0.15) is 24.1 Å². The zero-order valence-electron chi connectivity index (χ0n) is 11.2. The Bertz CT molecular complexity index is 522. The molecule has 0 spiro atoms. The van der Waals surface area contributed by atoms with E-state index < -0.39 is 0 Å². The average molecular weight is 276 g/mol. The molecule has 0 aliphatic carbocycles. The molecule has 4 heteroatoms. The fraction of sp³-hybridized carbons (Fsp3) is 0.267. The van der Waals surface area contributed by atoms with E-state index in [-0.39, 0.29) is 6.04 Å². The van der Waals surface area contributed by atoms with Gasteiger partial charge < -0.3 is 10.6 Å². The molecular weight excluding hydrogens is 258 g/mol. The van der Waals surface area contributed by atoms with Crippen LogP contribution in [0.15, 0.2) is 42.6 Å². The van der Waals surface area contributed by atoms with Gasteiger partial charge in [0.1, 0.15) is 5.82 Å². The van der Waals surface area contributed by atoms with Gasteiger partial charge in [0, 0.05) is 24.8 Å². The van der Waals surface area contributed by atoms with Crippen molar-refractivity contribution in [1.29, 1.82) is 0 Å². The highest BCUT2D eigenvalue weighted by Gasteiger charge is 2.13. The van der Waals surface area contributed by atoms with E-state index in [0.29, 0.717) is 6.54 Å². The number of hydrogen-bond acceptors (Lipinski definition) is 3. The van der Waals surface area contributed by atoms with Crippen molar-refractivity contribution < 1.29 is 0 Å². The van der Waals surface area contributed by atoms with Gasteiger partial charge in [0.05, 0.1) is 6.04 Å². The lowest BCUT2D eigenvalue weighted by Crippen LogP contribution is -2.22. The quantitative estimate of drug-likeness (QED) is 0.930. The predicted molar refractivity (Wildman–Crippen MR) is 80.4 cm³/mol. The summed E-state index contributed by atoms with van der Waals surface area (Å²) in [7, 11) is 2.03. The first kappa shape index (κ1) is 13.8. The fourth-order valence-electron chi connectivity index (χ4n) is 1.91. The number of rotatable bonds is 4. The molecule has 2 N–H and O–H groups in total. The van der Waals surface area contributed by atoms with E-state index in [1.165, 1.54) is 5.56 Å². The minimum Gasteiger partial charge on any atom is -0.353 e. The van der Waals surface area contributed by atoms with Crippen LogP contribution in [0.4, 0.5) is 5.82 Å². The number of anilines is 1. The van der Waals surface area contributed by atoms with Crippen molar-refractivity contribution in [3.63, 3.8) is 0 Å². The maximum atomic E-state index is 5.91. The normalized spacial score (nSPS) is 12.2. The molecule has 0 fully saturated rings. The standard InChI is InChI=1S/C15H18ClN3/c1-11(13-4-6-14(16)7-5-13)19(2)15-8-3-12(9-17)10-18-15/h3-8,10-11H,9,17H2,1-2H3. The zero-order valence-corrected chi connectivity index (χ0v) is 11.9. The molecule has 1 heterocycles. The van der Waals surface area contributed by atoms with Gasteiger partial charge in [-0.15, -0.1) is 0 Å². The average Bonchev–Trinajstić information content (AvgIpc) is 2.46. The zero-order chi connectivity index (χ0) is 13.8. The molecule has 1 unspecified atom stereocenters. The number of nitrogens with two attached hydrogens (primary N) is 1. The Hall–Kier alpha value is -1.58. The molecule has 0 amide bonds. The molecule has 0 aliphatic heterocycles. The Morgan fingerprint density at radius 2 is 1.89 bits per heavy atom. The first-order chi connectivity index (χ1) is 9.11. The molecule has 1 aromatic carbocycles. The molecule has 3 nitrogen and oxygen atoms in total. The van der Waals surface area contributed by atoms with Gasteiger partial charge in [0.25, 0.3) is 0 Å². The maximum Gasteiger partial charge on any atom is 0.128 e. The first-order valence-electron chi connectivity index (χ1n) is 6.25. The topological polar surface area (TPSA) is 42.1 Å². The van der Waals surface area contributed by atoms with Crippen molar-refractivity contribution in [2.24, 2.45) is 5.73 Å². The van der Waals surface area contributed by atoms with Crippen molar-refractivity contribution in [2.45, 2.75) is 19.5 Å². The summed E-state index contributed by atoms with van der Waals surface area (Å²) in [6, 6.07) is 12.1. The van der Waals surface area contributed by atoms with E-state index in [1.807, 2.05) is 49.6 Å². The van der Waals surface area contributed by atoms with Crippen molar-refractivity contribution in [2.75, 3.05) is 11.9 Å². The van der Waals surface area contributed by atoms with Gasteiger partial charge in [-0.05, 0) is 36.2 Å². The summed E-state index contributed by atoms with van der Waals surface area (Å²) < 4.78 is 0. The molecule has 2 aromatic rings. The van der Waals surface area contributed by atoms with Gasteiger partial charge >= 0.3 is 0 Å². The lowest BCUT2D eigenvalue weighted by molar-refractivity contribution is 0.728. The minimum atomic E-state index is 0.230. The summed E-state index contributed by atoms with van der Waals surface area (Å²) in [6.07, 6.45) is 1.82. The van der Waals surface area contributed by atoms with Crippen LogP contribution in [-0.2, 0) is 6.54 Å². The van der Waals surface area contributed by atoms with E-state index in [2.05, 4.69) is 16.8 Å². The van der Waals surface area contributed by atoms with Gasteiger partial charge in [0.15, 0.2) is 0 Å². The van der Waals surface area contributed by atoms with Crippen LogP contribution in [0, 0.1) is 0 Å². The van der Waals surface area contributed by atoms with Gasteiger partial charge in [-0.1, -0.05) is 29.8 Å². The molecule has 0 aliphatic rings. The van der Waals surface area contributed by atoms with Crippen LogP contribution >= 0.6 is 11.6 Å². The summed E-state index contributed by atoms with van der Waals surface area (Å²) in [5.41, 5.74) is 7.82. The van der Waals surface area contributed by atoms with Crippen molar-refractivity contribution in [3.8, 4) is 0 Å². The Labute approximate surface area is 119 Å². The third-order valence-corrected chi connectivity index (χ3v) is 3.59. The molecule has 0 saturated carbocycles. The number of aromatic nitrogens is 1. The maximum absolute atomic E-state index is 5.91. The van der Waals surface area contributed by atoms with Crippen LogP contribution in [-0.4, -0.2) is 12.0 Å². The number of benzene rings is 1. The molecule has 0 saturated heterocycles. The number of nitrogens with zero attached hydrogens (tertiary/aromatic N) is 2. The van der Waals surface area contributed by atoms with E-state index in [4.69, 9.17) is 17.3 Å². The summed E-state index contributed by atoms with van der Waals surface area (Å²) >= 11 is 5.91. The number of pyridine rings is 1. The van der Waals surface area contributed by atoms with Gasteiger partial charge in [-0.2, -0.15) is 0 Å². The van der Waals surface area contributed by atoms with Crippen LogP contribution < -0.4 is 10.6 Å². The third-order valence-electron chi connectivity index (χ3n) is 3.34. The van der Waals surface area contributed by atoms with E-state index in [9.17, 15) is 0 Å². The fourth-order valence-corrected chi connectivity index (χ4v) is 2.04. The highest BCUT2D eigenvalue weighted by atomic mass is 35.5. The van der Waals surface area contributed by atoms with Crippen LogP contribution in [0.3, 0.4) is 0 Å². The minimum absolute atomic E-state index is 0.230. The second kappa shape index (κ2) is 6.04. The monoisotopic (exact) mass is 275 g/mol. The SMILES string of the molecule is CC(c1ccc(Cl)cc1)N(C)c1ccc(CN)cn1. The molecule has 0 bridgehead atoms. The van der Waals surface area contributed by atoms with Crippen molar-refractivity contribution in [3.05, 3.63) is 58.7 Å². The lowest BCUT2D eigenvalue weighted by atomic mass is 10.1. The summed E-state index contributed by atoms with van der Waals surface area (Å²) in [5, 5.41) is 0.754. The highest BCUT2D eigenvalue weighted by Crippen LogP contribution is 2.24. The van der Waals surface area contributed by atoms with E-state index >= 15 is 0 Å². The summed E-state index contributed by atoms with van der Waals surface area (Å²) in [4.78, 5) is 6.56. The smallest absolute Gasteiger partial charge is 0.128 e. The van der Waals surface area contributed by atoms with E-state index in [0.717, 1.165) is 16.4 Å². The molecule has 0 radical (unpaired) electrons. The van der Waals surface area contributed by atoms with Crippen LogP contribution in [0.2, 0.25) is 5.02 Å². The Morgan fingerprint density at radius 3 is 2.42 bits per heavy atom. The second-order valence-corrected chi connectivity index (χ2v) is 5.00. The molecule has 19 heavy (non-hydrogen) atoms. The summed E-state index contributed by atoms with van der Waals surface area (Å²) in [5.74, 6) is 0.930. The third kappa shape index (κ3) is 3.25. The largest absolute Gasteiger partial charge is 0.353 e. The first-order valence-corrected chi connectivity index (χ1v) is 6.63. The highest BCUT2D eigenvalue weighted by molar-refractivity contribution is 6.30. The second-order valence-electron chi connectivity index (χ2n) is 4.57. The summed E-state index contributed by atoms with van der Waals surface area (Å²) in [6.45, 7) is 2.66. The molecular formula is C15H18ClN3. The predicted octanol–water partition coefficient (Wildman–Crippen LogP) is 3.39. The van der Waals surface area contributed by atoms with Crippen LogP contribution in [0.25, 0.3) is 0 Å². The van der Waals surface area contributed by atoms with Crippen molar-refractivity contribution in [1.82, 2.24) is 4.98 Å². The molecule has 100 valence electrons. The molecule has 2 rings (SSSR count). The number of hydrogen-bond donors (Lipinski definition) is 1. The Balaban J connectivity index is 2.17. The molecule has 1 aromatic heterocycles. The van der Waals surface area contributed by atoms with Gasteiger partial charge in [-0.3, -0.25) is 0 Å². The van der Waals surface area contributed by atoms with E-state index in [1.54, 1.807) is 0 Å². The Kier molecular flexibility index (Phi) is 4.40. The van der Waals surface area contributed by atoms with Gasteiger partial charge in [-0.25, -0.2) is 4.98 Å².